The van der Waals surface area contributed by atoms with Crippen molar-refractivity contribution in [2.45, 2.75) is 19.9 Å². The van der Waals surface area contributed by atoms with E-state index in [2.05, 4.69) is 5.32 Å². The van der Waals surface area contributed by atoms with Gasteiger partial charge in [-0.25, -0.2) is 0 Å². The minimum absolute atomic E-state index is 0.0939. The number of furan rings is 1. The monoisotopic (exact) mass is 283 g/mol. The van der Waals surface area contributed by atoms with Crippen molar-refractivity contribution in [2.24, 2.45) is 0 Å². The highest BCUT2D eigenvalue weighted by molar-refractivity contribution is 6.42. The Bertz CT molecular complexity index is 543. The maximum Gasteiger partial charge on any atom is 0.125 e. The summed E-state index contributed by atoms with van der Waals surface area (Å²) in [6.45, 7) is 3.97. The fourth-order valence-electron chi connectivity index (χ4n) is 1.94. The minimum Gasteiger partial charge on any atom is -0.464 e. The number of rotatable bonds is 3. The highest BCUT2D eigenvalue weighted by Crippen LogP contribution is 2.34. The van der Waals surface area contributed by atoms with Gasteiger partial charge in [0.1, 0.15) is 11.5 Å². The van der Waals surface area contributed by atoms with E-state index in [0.717, 1.165) is 22.6 Å². The van der Waals surface area contributed by atoms with Crippen molar-refractivity contribution in [3.05, 3.63) is 57.0 Å². The molecule has 1 unspecified atom stereocenters. The number of halogens is 2. The molecule has 0 radical (unpaired) electrons. The van der Waals surface area contributed by atoms with Crippen LogP contribution in [0.25, 0.3) is 0 Å². The maximum absolute atomic E-state index is 6.25. The Labute approximate surface area is 117 Å². The Morgan fingerprint density at radius 2 is 1.94 bits per heavy atom. The predicted molar refractivity (Wildman–Crippen MR) is 75.5 cm³/mol. The third-order valence-electron chi connectivity index (χ3n) is 3.05. The van der Waals surface area contributed by atoms with Crippen molar-refractivity contribution < 1.29 is 4.42 Å². The third kappa shape index (κ3) is 2.41. The third-order valence-corrected chi connectivity index (χ3v) is 3.88. The fraction of sp³-hybridized carbons (Fsp3) is 0.286. The van der Waals surface area contributed by atoms with Gasteiger partial charge >= 0.3 is 0 Å². The van der Waals surface area contributed by atoms with E-state index < -0.39 is 0 Å². The number of aryl methyl sites for hydroxylation is 2. The van der Waals surface area contributed by atoms with Crippen LogP contribution < -0.4 is 5.32 Å². The van der Waals surface area contributed by atoms with Crippen molar-refractivity contribution in [1.82, 2.24) is 5.32 Å². The SMILES string of the molecule is CNC(c1cc(C)c(C)o1)c1cccc(Cl)c1Cl. The summed E-state index contributed by atoms with van der Waals surface area (Å²) in [5, 5.41) is 4.32. The molecule has 0 aliphatic heterocycles. The van der Waals surface area contributed by atoms with Crippen LogP contribution in [0, 0.1) is 13.8 Å². The van der Waals surface area contributed by atoms with Crippen molar-refractivity contribution in [3.8, 4) is 0 Å². The first kappa shape index (κ1) is 13.5. The van der Waals surface area contributed by atoms with Crippen LogP contribution in [-0.2, 0) is 0 Å². The number of nitrogens with one attached hydrogen (secondary N) is 1. The van der Waals surface area contributed by atoms with E-state index in [9.17, 15) is 0 Å². The summed E-state index contributed by atoms with van der Waals surface area (Å²) in [6.07, 6.45) is 0. The van der Waals surface area contributed by atoms with Crippen LogP contribution in [0.5, 0.6) is 0 Å². The molecule has 1 aromatic carbocycles. The molecule has 2 aromatic rings. The average molecular weight is 284 g/mol. The summed E-state index contributed by atoms with van der Waals surface area (Å²) in [6, 6.07) is 7.54. The molecule has 1 heterocycles. The number of benzene rings is 1. The molecule has 0 saturated heterocycles. The minimum atomic E-state index is -0.0939. The Morgan fingerprint density at radius 3 is 2.50 bits per heavy atom. The van der Waals surface area contributed by atoms with Gasteiger partial charge in [0.05, 0.1) is 16.1 Å². The second-order valence-electron chi connectivity index (χ2n) is 4.25. The van der Waals surface area contributed by atoms with E-state index in [0.29, 0.717) is 10.0 Å². The molecule has 96 valence electrons. The first-order chi connectivity index (χ1) is 8.54. The van der Waals surface area contributed by atoms with Gasteiger partial charge in [-0.3, -0.25) is 0 Å². The van der Waals surface area contributed by atoms with E-state index in [4.69, 9.17) is 27.6 Å². The van der Waals surface area contributed by atoms with Crippen LogP contribution in [0.2, 0.25) is 10.0 Å². The largest absolute Gasteiger partial charge is 0.464 e. The second kappa shape index (κ2) is 5.35. The number of hydrogen-bond acceptors (Lipinski definition) is 2. The molecule has 18 heavy (non-hydrogen) atoms. The first-order valence-electron chi connectivity index (χ1n) is 5.72. The van der Waals surface area contributed by atoms with Crippen LogP contribution >= 0.6 is 23.2 Å². The molecule has 4 heteroatoms. The highest BCUT2D eigenvalue weighted by Gasteiger charge is 2.20. The molecule has 0 saturated carbocycles. The highest BCUT2D eigenvalue weighted by atomic mass is 35.5. The molecule has 0 fully saturated rings. The lowest BCUT2D eigenvalue weighted by molar-refractivity contribution is 0.443. The summed E-state index contributed by atoms with van der Waals surface area (Å²) in [5.41, 5.74) is 2.05. The normalized spacial score (nSPS) is 12.7. The quantitative estimate of drug-likeness (QED) is 0.897. The fourth-order valence-corrected chi connectivity index (χ4v) is 2.36. The smallest absolute Gasteiger partial charge is 0.125 e. The standard InChI is InChI=1S/C14H15Cl2NO/c1-8-7-12(18-9(8)2)14(17-3)10-5-4-6-11(15)13(10)16/h4-7,14,17H,1-3H3. The van der Waals surface area contributed by atoms with Crippen LogP contribution in [-0.4, -0.2) is 7.05 Å². The van der Waals surface area contributed by atoms with Gasteiger partial charge in [-0.05, 0) is 44.2 Å². The van der Waals surface area contributed by atoms with Gasteiger partial charge in [0.2, 0.25) is 0 Å². The van der Waals surface area contributed by atoms with Crippen molar-refractivity contribution in [1.29, 1.82) is 0 Å². The maximum atomic E-state index is 6.25. The second-order valence-corrected chi connectivity index (χ2v) is 5.04. The molecule has 2 nitrogen and oxygen atoms in total. The molecule has 2 rings (SSSR count). The lowest BCUT2D eigenvalue weighted by Gasteiger charge is -2.16. The van der Waals surface area contributed by atoms with Gasteiger partial charge in [-0.2, -0.15) is 0 Å². The molecule has 0 spiro atoms. The van der Waals surface area contributed by atoms with Crippen LogP contribution in [0.3, 0.4) is 0 Å². The molecule has 1 N–H and O–H groups in total. The summed E-state index contributed by atoms with van der Waals surface area (Å²) >= 11 is 12.3. The molecule has 0 bridgehead atoms. The topological polar surface area (TPSA) is 25.2 Å². The van der Waals surface area contributed by atoms with Gasteiger partial charge < -0.3 is 9.73 Å². The van der Waals surface area contributed by atoms with Gasteiger partial charge in [-0.1, -0.05) is 35.3 Å². The number of hydrogen-bond donors (Lipinski definition) is 1. The van der Waals surface area contributed by atoms with Crippen molar-refractivity contribution in [3.63, 3.8) is 0 Å². The predicted octanol–water partition coefficient (Wildman–Crippen LogP) is 4.51. The molecular formula is C14H15Cl2NO. The summed E-state index contributed by atoms with van der Waals surface area (Å²) < 4.78 is 5.75. The van der Waals surface area contributed by atoms with Gasteiger partial charge in [0.25, 0.3) is 0 Å². The molecule has 1 aromatic heterocycles. The van der Waals surface area contributed by atoms with E-state index in [1.54, 1.807) is 6.07 Å². The Balaban J connectivity index is 2.48. The van der Waals surface area contributed by atoms with Crippen molar-refractivity contribution >= 4 is 23.2 Å². The van der Waals surface area contributed by atoms with Gasteiger partial charge in [0.15, 0.2) is 0 Å². The van der Waals surface area contributed by atoms with Crippen LogP contribution in [0.4, 0.5) is 0 Å². The first-order valence-corrected chi connectivity index (χ1v) is 6.48. The molecule has 1 atom stereocenters. The zero-order chi connectivity index (χ0) is 13.3. The zero-order valence-electron chi connectivity index (χ0n) is 10.6. The van der Waals surface area contributed by atoms with Crippen molar-refractivity contribution in [2.75, 3.05) is 7.05 Å². The Kier molecular flexibility index (Phi) is 4.00. The molecule has 0 aliphatic rings. The summed E-state index contributed by atoms with van der Waals surface area (Å²) in [5.74, 6) is 1.76. The summed E-state index contributed by atoms with van der Waals surface area (Å²) in [7, 11) is 1.87. The summed E-state index contributed by atoms with van der Waals surface area (Å²) in [4.78, 5) is 0. The van der Waals surface area contributed by atoms with E-state index in [-0.39, 0.29) is 6.04 Å². The van der Waals surface area contributed by atoms with E-state index in [1.165, 1.54) is 0 Å². The molecule has 0 aliphatic carbocycles. The molecular weight excluding hydrogens is 269 g/mol. The van der Waals surface area contributed by atoms with E-state index in [1.807, 2.05) is 39.1 Å². The average Bonchev–Trinajstić information content (AvgIpc) is 2.66. The molecule has 0 amide bonds. The van der Waals surface area contributed by atoms with Crippen LogP contribution in [0.1, 0.15) is 28.7 Å². The van der Waals surface area contributed by atoms with Crippen LogP contribution in [0.15, 0.2) is 28.7 Å². The Hall–Kier alpha value is -0.960. The zero-order valence-corrected chi connectivity index (χ0v) is 12.1. The van der Waals surface area contributed by atoms with Gasteiger partial charge in [-0.15, -0.1) is 0 Å². The Morgan fingerprint density at radius 1 is 1.22 bits per heavy atom. The lowest BCUT2D eigenvalue weighted by atomic mass is 10.0. The van der Waals surface area contributed by atoms with E-state index >= 15 is 0 Å². The van der Waals surface area contributed by atoms with Gasteiger partial charge in [0, 0.05) is 0 Å². The lowest BCUT2D eigenvalue weighted by Crippen LogP contribution is -2.17.